The summed E-state index contributed by atoms with van der Waals surface area (Å²) in [5, 5.41) is 6.29. The largest absolute Gasteiger partial charge is 0.339 e. The number of carbonyl (C=O) groups excluding carboxylic acids is 1. The van der Waals surface area contributed by atoms with Gasteiger partial charge >= 0.3 is 0 Å². The lowest BCUT2D eigenvalue weighted by Crippen LogP contribution is -2.53. The minimum Gasteiger partial charge on any atom is -0.339 e. The fraction of sp³-hybridized carbons (Fsp3) is 0.429. The van der Waals surface area contributed by atoms with Crippen LogP contribution in [-0.4, -0.2) is 37.6 Å². The number of benzene rings is 1. The van der Waals surface area contributed by atoms with Gasteiger partial charge in [0.05, 0.1) is 16.8 Å². The predicted octanol–water partition coefficient (Wildman–Crippen LogP) is 5.92. The van der Waals surface area contributed by atoms with Crippen molar-refractivity contribution in [3.05, 3.63) is 58.2 Å². The number of pyridine rings is 1. The molecule has 3 unspecified atom stereocenters. The molecule has 34 heavy (non-hydrogen) atoms. The summed E-state index contributed by atoms with van der Waals surface area (Å²) < 4.78 is 5.48. The van der Waals surface area contributed by atoms with E-state index in [0.29, 0.717) is 6.04 Å². The van der Waals surface area contributed by atoms with E-state index in [2.05, 4.69) is 62.7 Å². The quantitative estimate of drug-likeness (QED) is 0.339. The van der Waals surface area contributed by atoms with Crippen LogP contribution in [0.1, 0.15) is 41.6 Å². The van der Waals surface area contributed by atoms with Crippen LogP contribution in [-0.2, 0) is 6.54 Å². The fourth-order valence-corrected chi connectivity index (χ4v) is 7.43. The summed E-state index contributed by atoms with van der Waals surface area (Å²) in [6.45, 7) is 4.13. The van der Waals surface area contributed by atoms with Gasteiger partial charge in [-0.05, 0) is 86.6 Å². The predicted molar refractivity (Wildman–Crippen MR) is 136 cm³/mol. The Labute approximate surface area is 206 Å². The third kappa shape index (κ3) is 2.66. The molecule has 1 amide bonds. The summed E-state index contributed by atoms with van der Waals surface area (Å²) in [6.07, 6.45) is 7.11. The Kier molecular flexibility index (Phi) is 3.91. The average molecular weight is 515 g/mol. The zero-order chi connectivity index (χ0) is 22.7. The molecule has 1 saturated heterocycles. The highest BCUT2D eigenvalue weighted by Crippen LogP contribution is 2.60. The van der Waals surface area contributed by atoms with Gasteiger partial charge in [0.25, 0.3) is 5.91 Å². The van der Waals surface area contributed by atoms with Crippen molar-refractivity contribution < 1.29 is 4.79 Å². The highest BCUT2D eigenvalue weighted by atomic mass is 79.9. The number of aromatic nitrogens is 3. The Bertz CT molecular complexity index is 1510. The lowest BCUT2D eigenvalue weighted by molar-refractivity contribution is -0.0204. The second kappa shape index (κ2) is 6.75. The number of hydrogen-bond acceptors (Lipinski definition) is 2. The Morgan fingerprint density at radius 1 is 1.09 bits per heavy atom. The van der Waals surface area contributed by atoms with Gasteiger partial charge < -0.3 is 9.47 Å². The highest BCUT2D eigenvalue weighted by Gasteiger charge is 2.61. The van der Waals surface area contributed by atoms with Crippen molar-refractivity contribution in [1.29, 1.82) is 0 Å². The van der Waals surface area contributed by atoms with E-state index in [1.165, 1.54) is 47.8 Å². The Balaban J connectivity index is 1.21. The molecule has 4 aliphatic rings. The van der Waals surface area contributed by atoms with Gasteiger partial charge in [-0.3, -0.25) is 4.79 Å². The minimum atomic E-state index is 0.183. The SMILES string of the molecule is Cc1c(-c2cc3ccc(Br)cc3n2CC2CC2)nn2cc(C(=O)N3CC4CC5CC3[C@H]54)ccc12. The van der Waals surface area contributed by atoms with Crippen LogP contribution in [0.3, 0.4) is 0 Å². The summed E-state index contributed by atoms with van der Waals surface area (Å²) in [5.41, 5.74) is 6.43. The van der Waals surface area contributed by atoms with Crippen LogP contribution < -0.4 is 0 Å². The van der Waals surface area contributed by atoms with E-state index in [1.54, 1.807) is 0 Å². The molecule has 1 aliphatic heterocycles. The highest BCUT2D eigenvalue weighted by molar-refractivity contribution is 9.10. The first-order chi connectivity index (χ1) is 16.5. The molecule has 5 nitrogen and oxygen atoms in total. The maximum atomic E-state index is 13.4. The van der Waals surface area contributed by atoms with Crippen LogP contribution >= 0.6 is 15.9 Å². The topological polar surface area (TPSA) is 42.5 Å². The minimum absolute atomic E-state index is 0.183. The molecule has 3 saturated carbocycles. The molecule has 4 atom stereocenters. The van der Waals surface area contributed by atoms with Crippen molar-refractivity contribution in [2.24, 2.45) is 23.7 Å². The van der Waals surface area contributed by atoms with E-state index in [4.69, 9.17) is 5.10 Å². The normalized spacial score (nSPS) is 27.2. The number of aryl methyl sites for hydroxylation is 1. The van der Waals surface area contributed by atoms with Crippen LogP contribution in [0.15, 0.2) is 47.1 Å². The molecule has 0 N–H and O–H groups in total. The number of halogens is 1. The van der Waals surface area contributed by atoms with Crippen LogP contribution in [0.2, 0.25) is 0 Å². The van der Waals surface area contributed by atoms with Crippen LogP contribution in [0.5, 0.6) is 0 Å². The van der Waals surface area contributed by atoms with Crippen molar-refractivity contribution in [2.45, 2.75) is 45.2 Å². The van der Waals surface area contributed by atoms with Gasteiger partial charge in [-0.15, -0.1) is 0 Å². The number of carbonyl (C=O) groups is 1. The van der Waals surface area contributed by atoms with Gasteiger partial charge in [-0.25, -0.2) is 4.52 Å². The molecule has 0 bridgehead atoms. The molecular weight excluding hydrogens is 488 g/mol. The Hall–Kier alpha value is -2.60. The zero-order valence-electron chi connectivity index (χ0n) is 19.2. The molecule has 0 radical (unpaired) electrons. The summed E-state index contributed by atoms with van der Waals surface area (Å²) in [7, 11) is 0. The van der Waals surface area contributed by atoms with E-state index in [9.17, 15) is 4.79 Å². The van der Waals surface area contributed by atoms with Gasteiger partial charge in [0, 0.05) is 46.3 Å². The van der Waals surface area contributed by atoms with E-state index >= 15 is 0 Å². The summed E-state index contributed by atoms with van der Waals surface area (Å²) in [4.78, 5) is 15.6. The molecule has 3 aliphatic carbocycles. The first-order valence-corrected chi connectivity index (χ1v) is 13.4. The van der Waals surface area contributed by atoms with E-state index in [0.717, 1.165) is 58.0 Å². The summed E-state index contributed by atoms with van der Waals surface area (Å²) in [5.74, 6) is 3.39. The van der Waals surface area contributed by atoms with Gasteiger partial charge in [-0.2, -0.15) is 5.10 Å². The van der Waals surface area contributed by atoms with Crippen LogP contribution in [0, 0.1) is 30.6 Å². The summed E-state index contributed by atoms with van der Waals surface area (Å²) >= 11 is 3.66. The molecule has 4 fully saturated rings. The third-order valence-corrected chi connectivity index (χ3v) is 9.64. The molecule has 4 heterocycles. The first-order valence-electron chi connectivity index (χ1n) is 12.6. The lowest BCUT2D eigenvalue weighted by atomic mass is 9.53. The Morgan fingerprint density at radius 3 is 2.76 bits per heavy atom. The van der Waals surface area contributed by atoms with E-state index < -0.39 is 0 Å². The number of nitrogens with zero attached hydrogens (tertiary/aromatic N) is 4. The molecule has 3 aromatic heterocycles. The van der Waals surface area contributed by atoms with Gasteiger partial charge in [0.1, 0.15) is 5.69 Å². The standard InChI is InChI=1S/C28H27BrN4O/c1-15-22-7-5-18(28(34)32-13-20-8-19-10-24(32)26(19)20)14-33(22)30-27(15)25-9-17-4-6-21(29)11-23(17)31(25)12-16-2-3-16/h4-7,9,11,14,16,19-20,24,26H,2-3,8,10,12-13H2,1H3/t19?,20?,24?,26-/m1/s1. The second-order valence-electron chi connectivity index (χ2n) is 11.1. The smallest absolute Gasteiger partial charge is 0.255 e. The van der Waals surface area contributed by atoms with Crippen LogP contribution in [0.4, 0.5) is 0 Å². The number of hydrogen-bond donors (Lipinski definition) is 0. The zero-order valence-corrected chi connectivity index (χ0v) is 20.8. The van der Waals surface area contributed by atoms with Crippen molar-refractivity contribution in [2.75, 3.05) is 6.54 Å². The molecule has 4 aromatic rings. The van der Waals surface area contributed by atoms with Gasteiger partial charge in [-0.1, -0.05) is 22.0 Å². The fourth-order valence-electron chi connectivity index (χ4n) is 7.09. The van der Waals surface area contributed by atoms with Crippen molar-refractivity contribution in [3.8, 4) is 11.4 Å². The van der Waals surface area contributed by atoms with Gasteiger partial charge in [0.2, 0.25) is 0 Å². The average Bonchev–Trinajstić information content (AvgIpc) is 3.49. The lowest BCUT2D eigenvalue weighted by Gasteiger charge is -2.52. The molecule has 172 valence electrons. The molecule has 6 heteroatoms. The molecule has 8 rings (SSSR count). The van der Waals surface area contributed by atoms with Crippen molar-refractivity contribution >= 4 is 38.3 Å². The maximum Gasteiger partial charge on any atom is 0.255 e. The number of rotatable bonds is 4. The number of likely N-dealkylation sites (tertiary alicyclic amines) is 1. The third-order valence-electron chi connectivity index (χ3n) is 9.14. The monoisotopic (exact) mass is 514 g/mol. The van der Waals surface area contributed by atoms with E-state index in [1.807, 2.05) is 16.8 Å². The van der Waals surface area contributed by atoms with E-state index in [-0.39, 0.29) is 5.91 Å². The van der Waals surface area contributed by atoms with Crippen molar-refractivity contribution in [1.82, 2.24) is 19.1 Å². The molecular formula is C28H27BrN4O. The number of amides is 1. The van der Waals surface area contributed by atoms with Crippen LogP contribution in [0.25, 0.3) is 27.8 Å². The Morgan fingerprint density at radius 2 is 1.97 bits per heavy atom. The first kappa shape index (κ1) is 19.7. The number of fused-ring (bicyclic) bond motifs is 2. The molecule has 0 spiro atoms. The van der Waals surface area contributed by atoms with Crippen molar-refractivity contribution in [3.63, 3.8) is 0 Å². The molecule has 1 aromatic carbocycles. The second-order valence-corrected chi connectivity index (χ2v) is 12.0. The maximum absolute atomic E-state index is 13.4. The summed E-state index contributed by atoms with van der Waals surface area (Å²) in [6, 6.07) is 13.4. The van der Waals surface area contributed by atoms with Gasteiger partial charge in [0.15, 0.2) is 0 Å².